The lowest BCUT2D eigenvalue weighted by Crippen LogP contribution is -2.35. The predicted octanol–water partition coefficient (Wildman–Crippen LogP) is 5.15. The van der Waals surface area contributed by atoms with Crippen LogP contribution in [-0.2, 0) is 9.59 Å². The van der Waals surface area contributed by atoms with Crippen molar-refractivity contribution in [1.82, 2.24) is 30.4 Å². The highest BCUT2D eigenvalue weighted by atomic mass is 16.2. The van der Waals surface area contributed by atoms with E-state index in [9.17, 15) is 28.8 Å². The van der Waals surface area contributed by atoms with Crippen molar-refractivity contribution in [3.63, 3.8) is 0 Å². The van der Waals surface area contributed by atoms with Crippen LogP contribution in [0.3, 0.4) is 0 Å². The molecule has 0 aliphatic heterocycles. The largest absolute Gasteiger partial charge is 0.352 e. The summed E-state index contributed by atoms with van der Waals surface area (Å²) in [4.78, 5) is 82.3. The Kier molecular flexibility index (Phi) is 17.8. The highest BCUT2D eigenvalue weighted by molar-refractivity contribution is 6.07. The van der Waals surface area contributed by atoms with Crippen LogP contribution in [0.2, 0.25) is 0 Å². The van der Waals surface area contributed by atoms with Gasteiger partial charge >= 0.3 is 5.69 Å². The molecule has 1 unspecified atom stereocenters. The number of carbonyl (C=O) groups is 5. The first-order chi connectivity index (χ1) is 26.8. The normalized spacial score (nSPS) is 11.4. The molecule has 0 saturated heterocycles. The third-order valence-corrected chi connectivity index (χ3v) is 9.20. The minimum atomic E-state index is -0.689. The van der Waals surface area contributed by atoms with E-state index in [0.717, 1.165) is 45.7 Å². The molecule has 1 atom stereocenters. The highest BCUT2D eigenvalue weighted by Gasteiger charge is 2.18. The number of likely N-dealkylation sites (N-methyl/N-ethyl adjacent to an activating group) is 1. The average Bonchev–Trinajstić information content (AvgIpc) is 3.58. The van der Waals surface area contributed by atoms with E-state index in [0.29, 0.717) is 57.9 Å². The number of benzene rings is 3. The Morgan fingerprint density at radius 2 is 1.25 bits per heavy atom. The van der Waals surface area contributed by atoms with Crippen LogP contribution in [-0.4, -0.2) is 102 Å². The zero-order valence-corrected chi connectivity index (χ0v) is 33.0. The van der Waals surface area contributed by atoms with Crippen LogP contribution in [0, 0.1) is 11.4 Å². The Hall–Kier alpha value is -6.00. The van der Waals surface area contributed by atoms with Gasteiger partial charge < -0.3 is 41.0 Å². The maximum absolute atomic E-state index is 13.0. The van der Waals surface area contributed by atoms with Crippen LogP contribution in [0.5, 0.6) is 0 Å². The monoisotopic (exact) mass is 770 g/mol. The molecular formula is C40H54N10O6. The van der Waals surface area contributed by atoms with Crippen LogP contribution in [0.4, 0.5) is 17.1 Å². The van der Waals surface area contributed by atoms with Crippen molar-refractivity contribution in [1.29, 1.82) is 5.53 Å². The second-order valence-corrected chi connectivity index (χ2v) is 13.0. The summed E-state index contributed by atoms with van der Waals surface area (Å²) in [5.74, 6) is -2.26. The third-order valence-electron chi connectivity index (χ3n) is 9.20. The van der Waals surface area contributed by atoms with Crippen molar-refractivity contribution in [2.45, 2.75) is 48.0 Å². The van der Waals surface area contributed by atoms with Gasteiger partial charge in [-0.05, 0) is 114 Å². The van der Waals surface area contributed by atoms with Crippen LogP contribution in [0.25, 0.3) is 11.0 Å². The van der Waals surface area contributed by atoms with Gasteiger partial charge in [0.25, 0.3) is 17.7 Å². The number of nitrogens with one attached hydrogen (secondary N) is 7. The van der Waals surface area contributed by atoms with E-state index in [4.69, 9.17) is 5.53 Å². The van der Waals surface area contributed by atoms with Gasteiger partial charge in [-0.2, -0.15) is 5.11 Å². The topological polar surface area (TPSA) is 225 Å². The van der Waals surface area contributed by atoms with Gasteiger partial charge in [0, 0.05) is 47.7 Å². The van der Waals surface area contributed by atoms with Crippen molar-refractivity contribution in [2.24, 2.45) is 11.0 Å². The Balaban J connectivity index is 0.000000387. The standard InChI is InChI=1S/C28H41N7O3.C12H13N3O3/c1-5-34(6-2)16-9-14-30-26(36)22-18-23(27(37)31-15-17-35(7-3)8-4)20-25(19-22)32-28(38)21-10-12-24(33-29)13-11-21;1-6(7(2)16)11(17)13-8-3-4-9-10(5-8)15-12(18)14-9/h10-13,18-20,29H,5-9,14-17H2,1-4H3,(H,30,36)(H,31,37)(H,32,38);3-6H,1-2H3,(H,13,17)(H2,14,15,18). The SMILES string of the molecule is CC(=O)C(C)C(=O)Nc1ccc2[nH]c(=O)[nH]c2c1.CCN(CC)CCCNC(=O)c1cc(NC(=O)c2ccc(N=N)cc2)cc(C(=O)NCCN(CC)CC)c1. The fourth-order valence-electron chi connectivity index (χ4n) is 5.51. The number of nitrogens with zero attached hydrogens (tertiary/aromatic N) is 3. The van der Waals surface area contributed by atoms with E-state index >= 15 is 0 Å². The molecule has 16 nitrogen and oxygen atoms in total. The minimum absolute atomic E-state index is 0.191. The Morgan fingerprint density at radius 1 is 0.679 bits per heavy atom. The number of hydrogen-bond acceptors (Lipinski definition) is 10. The van der Waals surface area contributed by atoms with E-state index in [1.807, 2.05) is 0 Å². The molecule has 0 saturated carbocycles. The molecule has 0 aliphatic rings. The summed E-state index contributed by atoms with van der Waals surface area (Å²) in [5.41, 5.74) is 10.3. The van der Waals surface area contributed by atoms with Crippen LogP contribution >= 0.6 is 0 Å². The van der Waals surface area contributed by atoms with E-state index < -0.39 is 11.8 Å². The maximum Gasteiger partial charge on any atom is 0.323 e. The lowest BCUT2D eigenvalue weighted by Gasteiger charge is -2.18. The summed E-state index contributed by atoms with van der Waals surface area (Å²) in [6.45, 7) is 17.6. The molecule has 0 spiro atoms. The number of Topliss-reactive ketones (excluding diaryl/α,β-unsaturated/α-hetero) is 1. The number of aromatic amines is 2. The molecule has 3 aromatic carbocycles. The van der Waals surface area contributed by atoms with Gasteiger partial charge in [-0.15, -0.1) is 0 Å². The number of H-pyrrole nitrogens is 2. The molecule has 1 aromatic heterocycles. The van der Waals surface area contributed by atoms with Crippen LogP contribution in [0.15, 0.2) is 70.6 Å². The van der Waals surface area contributed by atoms with Gasteiger partial charge in [-0.1, -0.05) is 27.7 Å². The highest BCUT2D eigenvalue weighted by Crippen LogP contribution is 2.19. The van der Waals surface area contributed by atoms with Crippen molar-refractivity contribution in [2.75, 3.05) is 63.0 Å². The number of anilines is 2. The summed E-state index contributed by atoms with van der Waals surface area (Å²) >= 11 is 0. The predicted molar refractivity (Wildman–Crippen MR) is 218 cm³/mol. The summed E-state index contributed by atoms with van der Waals surface area (Å²) in [6.07, 6.45) is 0.809. The van der Waals surface area contributed by atoms with Crippen LogP contribution < -0.4 is 27.0 Å². The molecule has 0 aliphatic carbocycles. The molecule has 0 radical (unpaired) electrons. The Bertz CT molecular complexity index is 2020. The van der Waals surface area contributed by atoms with Gasteiger partial charge in [0.2, 0.25) is 5.91 Å². The van der Waals surface area contributed by atoms with E-state index in [-0.39, 0.29) is 29.2 Å². The number of rotatable bonds is 19. The maximum atomic E-state index is 13.0. The van der Waals surface area contributed by atoms with Gasteiger partial charge in [0.15, 0.2) is 0 Å². The number of fused-ring (bicyclic) bond motifs is 1. The second-order valence-electron chi connectivity index (χ2n) is 13.0. The third kappa shape index (κ3) is 13.7. The molecule has 56 heavy (non-hydrogen) atoms. The molecule has 1 heterocycles. The fourth-order valence-corrected chi connectivity index (χ4v) is 5.51. The minimum Gasteiger partial charge on any atom is -0.352 e. The zero-order chi connectivity index (χ0) is 41.2. The summed E-state index contributed by atoms with van der Waals surface area (Å²) in [6, 6.07) is 15.9. The summed E-state index contributed by atoms with van der Waals surface area (Å²) < 4.78 is 0. The lowest BCUT2D eigenvalue weighted by atomic mass is 10.1. The van der Waals surface area contributed by atoms with Crippen molar-refractivity contribution >= 4 is 57.5 Å². The number of imidazole rings is 1. The zero-order valence-electron chi connectivity index (χ0n) is 33.0. The van der Waals surface area contributed by atoms with Crippen molar-refractivity contribution in [3.8, 4) is 0 Å². The first-order valence-corrected chi connectivity index (χ1v) is 18.8. The molecule has 7 N–H and O–H groups in total. The molecule has 4 amide bonds. The first kappa shape index (κ1) is 44.4. The van der Waals surface area contributed by atoms with Crippen molar-refractivity contribution < 1.29 is 24.0 Å². The van der Waals surface area contributed by atoms with E-state index in [1.165, 1.54) is 6.92 Å². The summed E-state index contributed by atoms with van der Waals surface area (Å²) in [5, 5.41) is 14.6. The Labute approximate surface area is 326 Å². The summed E-state index contributed by atoms with van der Waals surface area (Å²) in [7, 11) is 0. The van der Waals surface area contributed by atoms with E-state index in [1.54, 1.807) is 67.6 Å². The lowest BCUT2D eigenvalue weighted by molar-refractivity contribution is -0.129. The number of carbonyl (C=O) groups excluding carboxylic acids is 5. The quantitative estimate of drug-likeness (QED) is 0.0382. The van der Waals surface area contributed by atoms with E-state index in [2.05, 4.69) is 73.8 Å². The average molecular weight is 771 g/mol. The van der Waals surface area contributed by atoms with Gasteiger partial charge in [0.1, 0.15) is 5.78 Å². The molecule has 4 rings (SSSR count). The van der Waals surface area contributed by atoms with Gasteiger partial charge in [0.05, 0.1) is 22.6 Å². The second kappa shape index (κ2) is 22.4. The number of ketones is 1. The number of aromatic nitrogens is 2. The fraction of sp³-hybridized carbons (Fsp3) is 0.400. The molecule has 300 valence electrons. The number of hydrogen-bond donors (Lipinski definition) is 7. The molecule has 16 heteroatoms. The molecule has 0 fully saturated rings. The Morgan fingerprint density at radius 3 is 1.82 bits per heavy atom. The molecular weight excluding hydrogens is 717 g/mol. The van der Waals surface area contributed by atoms with Crippen LogP contribution in [0.1, 0.15) is 79.0 Å². The first-order valence-electron chi connectivity index (χ1n) is 18.8. The smallest absolute Gasteiger partial charge is 0.323 e. The number of amides is 4. The molecule has 0 bridgehead atoms. The van der Waals surface area contributed by atoms with Gasteiger partial charge in [-0.3, -0.25) is 24.0 Å². The van der Waals surface area contributed by atoms with Gasteiger partial charge in [-0.25, -0.2) is 10.3 Å². The van der Waals surface area contributed by atoms with Crippen molar-refractivity contribution in [3.05, 3.63) is 87.8 Å². The molecule has 4 aromatic rings.